The summed E-state index contributed by atoms with van der Waals surface area (Å²) in [5.41, 5.74) is 2.15. The van der Waals surface area contributed by atoms with Crippen molar-refractivity contribution in [1.29, 1.82) is 0 Å². The number of hydrogen-bond donors (Lipinski definition) is 2. The Labute approximate surface area is 138 Å². The van der Waals surface area contributed by atoms with Gasteiger partial charge in [-0.05, 0) is 29.8 Å². The molecule has 5 nitrogen and oxygen atoms in total. The molecule has 0 saturated heterocycles. The minimum Gasteiger partial charge on any atom is -0.316 e. The monoisotopic (exact) mass is 353 g/mol. The minimum atomic E-state index is -4.70. The van der Waals surface area contributed by atoms with Crippen molar-refractivity contribution in [3.05, 3.63) is 65.2 Å². The maximum atomic E-state index is 13.3. The second kappa shape index (κ2) is 6.17. The van der Waals surface area contributed by atoms with Crippen LogP contribution in [0.25, 0.3) is 11.0 Å². The lowest BCUT2D eigenvalue weighted by molar-refractivity contribution is -0.146. The molecule has 0 aliphatic rings. The Hall–Kier alpha value is -2.94. The highest BCUT2D eigenvalue weighted by Gasteiger charge is 2.37. The van der Waals surface area contributed by atoms with E-state index in [0.29, 0.717) is 5.56 Å². The van der Waals surface area contributed by atoms with Gasteiger partial charge in [0, 0.05) is 18.2 Å². The van der Waals surface area contributed by atoms with E-state index in [1.807, 2.05) is 0 Å². The molecule has 1 heterocycles. The Kier molecular flexibility index (Phi) is 4.17. The molecule has 9 heteroatoms. The molecule has 1 aromatic heterocycles. The van der Waals surface area contributed by atoms with Gasteiger partial charge in [-0.15, -0.1) is 0 Å². The highest BCUT2D eigenvalue weighted by molar-refractivity contribution is 5.93. The molecule has 0 unspecified atom stereocenters. The molecule has 3 rings (SSSR count). The zero-order chi connectivity index (χ0) is 18.2. The number of aromatic nitrogens is 2. The lowest BCUT2D eigenvalue weighted by atomic mass is 10.1. The van der Waals surface area contributed by atoms with Gasteiger partial charge in [0.15, 0.2) is 0 Å². The first-order valence-electron chi connectivity index (χ1n) is 7.06. The van der Waals surface area contributed by atoms with Crippen LogP contribution in [0.2, 0.25) is 0 Å². The highest BCUT2D eigenvalue weighted by atomic mass is 19.4. The average molecular weight is 353 g/mol. The molecule has 25 heavy (non-hydrogen) atoms. The van der Waals surface area contributed by atoms with Gasteiger partial charge in [-0.25, -0.2) is 14.9 Å². The van der Waals surface area contributed by atoms with E-state index in [-0.39, 0.29) is 23.1 Å². The number of nitrogens with zero attached hydrogens (tertiary/aromatic N) is 2. The number of rotatable bonds is 3. The van der Waals surface area contributed by atoms with Crippen molar-refractivity contribution in [2.75, 3.05) is 0 Å². The molecule has 0 aliphatic heterocycles. The van der Waals surface area contributed by atoms with Crippen LogP contribution in [0.4, 0.5) is 17.6 Å². The van der Waals surface area contributed by atoms with Gasteiger partial charge in [0.05, 0.1) is 11.0 Å². The van der Waals surface area contributed by atoms with Crippen molar-refractivity contribution in [3.63, 3.8) is 0 Å². The second-order valence-electron chi connectivity index (χ2n) is 5.29. The molecule has 2 N–H and O–H groups in total. The summed E-state index contributed by atoms with van der Waals surface area (Å²) >= 11 is 0. The SMILES string of the molecule is O=C(NO)c1ccc(Cn2c(C(F)(F)F)nc3cc(F)ccc32)cc1. The summed E-state index contributed by atoms with van der Waals surface area (Å²) in [7, 11) is 0. The number of halogens is 4. The number of hydroxylamine groups is 1. The predicted molar refractivity (Wildman–Crippen MR) is 79.5 cm³/mol. The average Bonchev–Trinajstić information content (AvgIpc) is 2.92. The van der Waals surface area contributed by atoms with Crippen LogP contribution < -0.4 is 5.48 Å². The maximum Gasteiger partial charge on any atom is 0.449 e. The van der Waals surface area contributed by atoms with E-state index in [4.69, 9.17) is 5.21 Å². The van der Waals surface area contributed by atoms with Gasteiger partial charge >= 0.3 is 6.18 Å². The number of benzene rings is 2. The first-order valence-corrected chi connectivity index (χ1v) is 7.06. The van der Waals surface area contributed by atoms with E-state index in [0.717, 1.165) is 16.7 Å². The van der Waals surface area contributed by atoms with Crippen LogP contribution in [0.3, 0.4) is 0 Å². The lowest BCUT2D eigenvalue weighted by Crippen LogP contribution is -2.18. The molecule has 2 aromatic carbocycles. The summed E-state index contributed by atoms with van der Waals surface area (Å²) in [5, 5.41) is 8.56. The molecular formula is C16H11F4N3O2. The van der Waals surface area contributed by atoms with Crippen molar-refractivity contribution in [1.82, 2.24) is 15.0 Å². The summed E-state index contributed by atoms with van der Waals surface area (Å²) in [6.45, 7) is -0.169. The van der Waals surface area contributed by atoms with Crippen molar-refractivity contribution in [2.24, 2.45) is 0 Å². The summed E-state index contributed by atoms with van der Waals surface area (Å²) in [4.78, 5) is 14.8. The Morgan fingerprint density at radius 1 is 1.16 bits per heavy atom. The quantitative estimate of drug-likeness (QED) is 0.431. The molecule has 0 spiro atoms. The summed E-state index contributed by atoms with van der Waals surface area (Å²) in [6.07, 6.45) is -4.70. The smallest absolute Gasteiger partial charge is 0.316 e. The van der Waals surface area contributed by atoms with E-state index >= 15 is 0 Å². The molecule has 3 aromatic rings. The van der Waals surface area contributed by atoms with E-state index in [1.54, 1.807) is 0 Å². The van der Waals surface area contributed by atoms with Gasteiger partial charge in [-0.3, -0.25) is 10.0 Å². The molecule has 0 fully saturated rings. The molecule has 0 bridgehead atoms. The molecule has 0 radical (unpaired) electrons. The summed E-state index contributed by atoms with van der Waals surface area (Å²) in [5.74, 6) is -2.54. The van der Waals surface area contributed by atoms with Crippen molar-refractivity contribution in [2.45, 2.75) is 12.7 Å². The van der Waals surface area contributed by atoms with Gasteiger partial charge in [-0.2, -0.15) is 13.2 Å². The number of alkyl halides is 3. The zero-order valence-corrected chi connectivity index (χ0v) is 12.5. The molecule has 0 atom stereocenters. The maximum absolute atomic E-state index is 13.3. The van der Waals surface area contributed by atoms with Gasteiger partial charge in [-0.1, -0.05) is 12.1 Å². The summed E-state index contributed by atoms with van der Waals surface area (Å²) < 4.78 is 53.9. The van der Waals surface area contributed by atoms with Crippen molar-refractivity contribution < 1.29 is 27.6 Å². The van der Waals surface area contributed by atoms with Crippen LogP contribution in [0.1, 0.15) is 21.7 Å². The van der Waals surface area contributed by atoms with E-state index in [1.165, 1.54) is 35.8 Å². The number of imidazole rings is 1. The topological polar surface area (TPSA) is 67.2 Å². The van der Waals surface area contributed by atoms with Crippen LogP contribution in [-0.2, 0) is 12.7 Å². The largest absolute Gasteiger partial charge is 0.449 e. The van der Waals surface area contributed by atoms with Crippen LogP contribution in [0.15, 0.2) is 42.5 Å². The van der Waals surface area contributed by atoms with Crippen LogP contribution in [0.5, 0.6) is 0 Å². The Morgan fingerprint density at radius 2 is 1.84 bits per heavy atom. The third-order valence-corrected chi connectivity index (χ3v) is 3.62. The minimum absolute atomic E-state index is 0.0939. The molecule has 130 valence electrons. The van der Waals surface area contributed by atoms with Gasteiger partial charge in [0.2, 0.25) is 5.82 Å². The normalized spacial score (nSPS) is 11.7. The zero-order valence-electron chi connectivity index (χ0n) is 12.5. The fourth-order valence-corrected chi connectivity index (χ4v) is 2.49. The molecule has 0 saturated carbocycles. The fraction of sp³-hybridized carbons (Fsp3) is 0.125. The Balaban J connectivity index is 2.04. The molecule has 0 aliphatic carbocycles. The summed E-state index contributed by atoms with van der Waals surface area (Å²) in [6, 6.07) is 8.89. The second-order valence-corrected chi connectivity index (χ2v) is 5.29. The van der Waals surface area contributed by atoms with E-state index in [9.17, 15) is 22.4 Å². The Bertz CT molecular complexity index is 933. The number of carbonyl (C=O) groups is 1. The van der Waals surface area contributed by atoms with E-state index < -0.39 is 23.7 Å². The third-order valence-electron chi connectivity index (χ3n) is 3.62. The van der Waals surface area contributed by atoms with Gasteiger partial charge < -0.3 is 4.57 Å². The Morgan fingerprint density at radius 3 is 2.44 bits per heavy atom. The van der Waals surface area contributed by atoms with Crippen LogP contribution >= 0.6 is 0 Å². The highest BCUT2D eigenvalue weighted by Crippen LogP contribution is 2.32. The fourth-order valence-electron chi connectivity index (χ4n) is 2.49. The van der Waals surface area contributed by atoms with Crippen LogP contribution in [-0.4, -0.2) is 20.7 Å². The number of carbonyl (C=O) groups excluding carboxylic acids is 1. The number of fused-ring (bicyclic) bond motifs is 1. The predicted octanol–water partition coefficient (Wildman–Crippen LogP) is 3.36. The number of hydrogen-bond acceptors (Lipinski definition) is 3. The lowest BCUT2D eigenvalue weighted by Gasteiger charge is -2.12. The van der Waals surface area contributed by atoms with E-state index in [2.05, 4.69) is 4.98 Å². The van der Waals surface area contributed by atoms with Gasteiger partial charge in [0.25, 0.3) is 5.91 Å². The number of nitrogens with one attached hydrogen (secondary N) is 1. The molecular weight excluding hydrogens is 342 g/mol. The van der Waals surface area contributed by atoms with Gasteiger partial charge in [0.1, 0.15) is 5.82 Å². The first kappa shape index (κ1) is 16.9. The standard InChI is InChI=1S/C16H11F4N3O2/c17-11-5-6-13-12(7-11)21-15(16(18,19)20)23(13)8-9-1-3-10(4-2-9)14(24)22-25/h1-7,25H,8H2,(H,22,24). The van der Waals surface area contributed by atoms with Crippen LogP contribution in [0, 0.1) is 5.82 Å². The molecule has 1 amide bonds. The van der Waals surface area contributed by atoms with Crippen molar-refractivity contribution in [3.8, 4) is 0 Å². The first-order chi connectivity index (χ1) is 11.8. The number of amides is 1. The van der Waals surface area contributed by atoms with Crippen molar-refractivity contribution >= 4 is 16.9 Å². The third kappa shape index (κ3) is 3.31.